The van der Waals surface area contributed by atoms with Crippen LogP contribution in [0.2, 0.25) is 5.15 Å². The van der Waals surface area contributed by atoms with Gasteiger partial charge in [-0.15, -0.1) is 0 Å². The molecule has 1 N–H and O–H groups in total. The van der Waals surface area contributed by atoms with Gasteiger partial charge in [-0.25, -0.2) is 13.9 Å². The number of esters is 1. The summed E-state index contributed by atoms with van der Waals surface area (Å²) in [5.41, 5.74) is 1.19. The van der Waals surface area contributed by atoms with E-state index in [1.54, 1.807) is 44.2 Å². The first-order valence-electron chi connectivity index (χ1n) is 9.84. The maximum atomic E-state index is 13.3. The summed E-state index contributed by atoms with van der Waals surface area (Å²) in [6, 6.07) is 15.5. The van der Waals surface area contributed by atoms with Crippen molar-refractivity contribution in [2.24, 2.45) is 0 Å². The van der Waals surface area contributed by atoms with Gasteiger partial charge in [0, 0.05) is 11.6 Å². The number of ether oxygens (including phenoxy) is 1. The van der Waals surface area contributed by atoms with E-state index >= 15 is 0 Å². The summed E-state index contributed by atoms with van der Waals surface area (Å²) >= 11 is 6.42. The summed E-state index contributed by atoms with van der Waals surface area (Å²) in [6.45, 7) is 3.26. The maximum absolute atomic E-state index is 13.3. The number of benzene rings is 2. The molecule has 2 aromatic carbocycles. The van der Waals surface area contributed by atoms with Crippen molar-refractivity contribution in [3.05, 3.63) is 94.2 Å². The lowest BCUT2D eigenvalue weighted by molar-refractivity contribution is -0.125. The minimum atomic E-state index is -1.29. The third kappa shape index (κ3) is 4.78. The first-order chi connectivity index (χ1) is 15.8. The summed E-state index contributed by atoms with van der Waals surface area (Å²) < 4.78 is 25.1. The number of carbonyl (C=O) groups excluding carboxylic acids is 2. The molecule has 10 heteroatoms. The van der Waals surface area contributed by atoms with Gasteiger partial charge in [0.25, 0.3) is 5.91 Å². The molecule has 33 heavy (non-hydrogen) atoms. The Hall–Kier alpha value is -3.98. The van der Waals surface area contributed by atoms with Crippen molar-refractivity contribution in [1.29, 1.82) is 0 Å². The molecule has 1 atom stereocenters. The molecule has 0 saturated heterocycles. The molecule has 2 heterocycles. The normalized spacial score (nSPS) is 11.8. The van der Waals surface area contributed by atoms with Crippen molar-refractivity contribution in [2.75, 3.05) is 5.32 Å². The fourth-order valence-corrected chi connectivity index (χ4v) is 3.52. The highest BCUT2D eigenvalue weighted by Gasteiger charge is 2.30. The van der Waals surface area contributed by atoms with Crippen molar-refractivity contribution in [1.82, 2.24) is 14.9 Å². The molecule has 168 valence electrons. The molecule has 1 unspecified atom stereocenters. The highest BCUT2D eigenvalue weighted by molar-refractivity contribution is 6.33. The minimum Gasteiger partial charge on any atom is -0.444 e. The van der Waals surface area contributed by atoms with Crippen LogP contribution in [0.25, 0.3) is 5.69 Å². The fourth-order valence-electron chi connectivity index (χ4n) is 3.17. The van der Waals surface area contributed by atoms with Gasteiger partial charge in [-0.05, 0) is 38.1 Å². The zero-order valence-corrected chi connectivity index (χ0v) is 18.3. The van der Waals surface area contributed by atoms with E-state index in [0.29, 0.717) is 17.0 Å². The molecule has 0 spiro atoms. The van der Waals surface area contributed by atoms with Gasteiger partial charge in [-0.3, -0.25) is 4.79 Å². The number of nitrogens with zero attached hydrogens (tertiary/aromatic N) is 3. The van der Waals surface area contributed by atoms with Gasteiger partial charge in [0.2, 0.25) is 6.10 Å². The maximum Gasteiger partial charge on any atom is 0.344 e. The largest absolute Gasteiger partial charge is 0.444 e. The van der Waals surface area contributed by atoms with E-state index in [0.717, 1.165) is 0 Å². The van der Waals surface area contributed by atoms with Crippen LogP contribution in [0.1, 0.15) is 33.5 Å². The van der Waals surface area contributed by atoms with Crippen molar-refractivity contribution in [3.8, 4) is 5.69 Å². The van der Waals surface area contributed by atoms with Crippen molar-refractivity contribution in [3.63, 3.8) is 0 Å². The van der Waals surface area contributed by atoms with E-state index in [2.05, 4.69) is 15.6 Å². The predicted molar refractivity (Wildman–Crippen MR) is 118 cm³/mol. The lowest BCUT2D eigenvalue weighted by Crippen LogP contribution is -2.26. The minimum absolute atomic E-state index is 0.00740. The molecule has 0 bridgehead atoms. The standard InChI is InChI=1S/C23H18ClFN4O4/c1-13-12-18(28-33-13)26-22(30)20(15-6-4-3-5-7-15)32-23(31)19-14(2)27-29(21(19)24)17-10-8-16(25)9-11-17/h3-12,20H,1-2H3,(H,26,28,30). The number of nitrogens with one attached hydrogen (secondary N) is 1. The van der Waals surface area contributed by atoms with E-state index in [1.807, 2.05) is 0 Å². The highest BCUT2D eigenvalue weighted by atomic mass is 35.5. The van der Waals surface area contributed by atoms with Gasteiger partial charge in [0.05, 0.1) is 11.4 Å². The van der Waals surface area contributed by atoms with Crippen LogP contribution in [0, 0.1) is 19.7 Å². The van der Waals surface area contributed by atoms with Crippen molar-refractivity contribution >= 4 is 29.3 Å². The number of aryl methyl sites for hydroxylation is 2. The van der Waals surface area contributed by atoms with Gasteiger partial charge in [-0.1, -0.05) is 47.1 Å². The zero-order valence-electron chi connectivity index (χ0n) is 17.6. The Bertz CT molecular complexity index is 1300. The summed E-state index contributed by atoms with van der Waals surface area (Å²) in [5, 5.41) is 10.5. The van der Waals surface area contributed by atoms with Gasteiger partial charge in [0.1, 0.15) is 22.3 Å². The number of aromatic nitrogens is 3. The Morgan fingerprint density at radius 3 is 2.45 bits per heavy atom. The second-order valence-electron chi connectivity index (χ2n) is 7.15. The number of halogens is 2. The summed E-state index contributed by atoms with van der Waals surface area (Å²) in [5.74, 6) is -1.19. The molecule has 2 aromatic heterocycles. The third-order valence-corrected chi connectivity index (χ3v) is 5.07. The molecule has 8 nitrogen and oxygen atoms in total. The second kappa shape index (κ2) is 9.25. The predicted octanol–water partition coefficient (Wildman–Crippen LogP) is 4.81. The second-order valence-corrected chi connectivity index (χ2v) is 7.51. The lowest BCUT2D eigenvalue weighted by Gasteiger charge is -2.17. The average molecular weight is 469 g/mol. The van der Waals surface area contributed by atoms with Gasteiger partial charge in [0.15, 0.2) is 5.82 Å². The van der Waals surface area contributed by atoms with Gasteiger partial charge < -0.3 is 14.6 Å². The fraction of sp³-hybridized carbons (Fsp3) is 0.130. The Morgan fingerprint density at radius 1 is 1.12 bits per heavy atom. The van der Waals surface area contributed by atoms with Crippen LogP contribution in [0.4, 0.5) is 10.2 Å². The molecule has 0 radical (unpaired) electrons. The SMILES string of the molecule is Cc1cc(NC(=O)C(OC(=O)c2c(C)nn(-c3ccc(F)cc3)c2Cl)c2ccccc2)no1. The Labute approximate surface area is 192 Å². The first kappa shape index (κ1) is 22.2. The summed E-state index contributed by atoms with van der Waals surface area (Å²) in [4.78, 5) is 26.1. The summed E-state index contributed by atoms with van der Waals surface area (Å²) in [6.07, 6.45) is -1.29. The first-order valence-corrected chi connectivity index (χ1v) is 10.2. The van der Waals surface area contributed by atoms with Gasteiger partial charge >= 0.3 is 5.97 Å². The molecule has 0 saturated carbocycles. The van der Waals surface area contributed by atoms with E-state index in [9.17, 15) is 14.0 Å². The van der Waals surface area contributed by atoms with Crippen LogP contribution in [0.15, 0.2) is 65.2 Å². The number of hydrogen-bond acceptors (Lipinski definition) is 6. The third-order valence-electron chi connectivity index (χ3n) is 4.72. The van der Waals surface area contributed by atoms with E-state index in [4.69, 9.17) is 20.9 Å². The van der Waals surface area contributed by atoms with Crippen LogP contribution in [-0.2, 0) is 9.53 Å². The molecule has 4 aromatic rings. The van der Waals surface area contributed by atoms with E-state index in [1.165, 1.54) is 35.0 Å². The van der Waals surface area contributed by atoms with Crippen LogP contribution in [-0.4, -0.2) is 26.8 Å². The quantitative estimate of drug-likeness (QED) is 0.408. The van der Waals surface area contributed by atoms with Gasteiger partial charge in [-0.2, -0.15) is 5.10 Å². The number of amides is 1. The zero-order chi connectivity index (χ0) is 23.5. The van der Waals surface area contributed by atoms with Crippen LogP contribution in [0.3, 0.4) is 0 Å². The number of carbonyl (C=O) groups is 2. The lowest BCUT2D eigenvalue weighted by atomic mass is 10.1. The molecule has 0 aliphatic carbocycles. The van der Waals surface area contributed by atoms with E-state index in [-0.39, 0.29) is 22.2 Å². The Morgan fingerprint density at radius 2 is 1.82 bits per heavy atom. The van der Waals surface area contributed by atoms with Crippen molar-refractivity contribution in [2.45, 2.75) is 20.0 Å². The Balaban J connectivity index is 1.63. The van der Waals surface area contributed by atoms with Crippen LogP contribution < -0.4 is 5.32 Å². The molecular formula is C23H18ClFN4O4. The highest BCUT2D eigenvalue weighted by Crippen LogP contribution is 2.28. The monoisotopic (exact) mass is 468 g/mol. The smallest absolute Gasteiger partial charge is 0.344 e. The van der Waals surface area contributed by atoms with Crippen LogP contribution >= 0.6 is 11.6 Å². The topological polar surface area (TPSA) is 99.2 Å². The molecule has 0 fully saturated rings. The molecule has 0 aliphatic heterocycles. The Kier molecular flexibility index (Phi) is 6.23. The summed E-state index contributed by atoms with van der Waals surface area (Å²) in [7, 11) is 0. The van der Waals surface area contributed by atoms with E-state index < -0.39 is 23.8 Å². The molecule has 4 rings (SSSR count). The average Bonchev–Trinajstić information content (AvgIpc) is 3.34. The number of anilines is 1. The van der Waals surface area contributed by atoms with Crippen molar-refractivity contribution < 1.29 is 23.2 Å². The van der Waals surface area contributed by atoms with Crippen LogP contribution in [0.5, 0.6) is 0 Å². The number of hydrogen-bond donors (Lipinski definition) is 1. The molecule has 1 amide bonds. The molecule has 0 aliphatic rings. The number of rotatable bonds is 6. The molecular weight excluding hydrogens is 451 g/mol.